The molecule has 0 N–H and O–H groups in total. The van der Waals surface area contributed by atoms with Crippen LogP contribution in [-0.4, -0.2) is 72.7 Å². The summed E-state index contributed by atoms with van der Waals surface area (Å²) in [6.07, 6.45) is 4.11. The van der Waals surface area contributed by atoms with E-state index < -0.39 is 0 Å². The topological polar surface area (TPSA) is 44.7 Å². The zero-order valence-electron chi connectivity index (χ0n) is 15.4. The molecule has 1 unspecified atom stereocenters. The summed E-state index contributed by atoms with van der Waals surface area (Å²) in [5.74, 6) is 0.853. The number of ether oxygens (including phenoxy) is 1. The lowest BCUT2D eigenvalue weighted by Gasteiger charge is -2.33. The van der Waals surface area contributed by atoms with E-state index in [-0.39, 0.29) is 6.10 Å². The van der Waals surface area contributed by atoms with Gasteiger partial charge in [-0.05, 0) is 12.6 Å². The SMILES string of the molecule is CN1CCN(c2ncc(CN3CCOC(c4ccccc4)C3)cn2)CC1. The fourth-order valence-electron chi connectivity index (χ4n) is 3.57. The van der Waals surface area contributed by atoms with Crippen molar-refractivity contribution in [2.24, 2.45) is 0 Å². The predicted molar refractivity (Wildman–Crippen MR) is 102 cm³/mol. The quantitative estimate of drug-likeness (QED) is 0.835. The molecule has 0 spiro atoms. The molecule has 0 bridgehead atoms. The maximum Gasteiger partial charge on any atom is 0.225 e. The van der Waals surface area contributed by atoms with Gasteiger partial charge < -0.3 is 14.5 Å². The van der Waals surface area contributed by atoms with Crippen LogP contribution in [0.4, 0.5) is 5.95 Å². The number of morpholine rings is 1. The van der Waals surface area contributed by atoms with E-state index in [4.69, 9.17) is 4.74 Å². The van der Waals surface area contributed by atoms with Gasteiger partial charge in [0.15, 0.2) is 0 Å². The van der Waals surface area contributed by atoms with Gasteiger partial charge in [-0.25, -0.2) is 9.97 Å². The summed E-state index contributed by atoms with van der Waals surface area (Å²) in [5, 5.41) is 0. The van der Waals surface area contributed by atoms with Gasteiger partial charge in [0.2, 0.25) is 5.95 Å². The Balaban J connectivity index is 1.35. The molecule has 1 aromatic heterocycles. The van der Waals surface area contributed by atoms with Crippen LogP contribution in [0, 0.1) is 0 Å². The number of piperazine rings is 1. The molecule has 2 aromatic rings. The van der Waals surface area contributed by atoms with E-state index in [2.05, 4.69) is 56.0 Å². The van der Waals surface area contributed by atoms with Crippen molar-refractivity contribution >= 4 is 5.95 Å². The van der Waals surface area contributed by atoms with Crippen molar-refractivity contribution in [3.05, 3.63) is 53.9 Å². The van der Waals surface area contributed by atoms with Crippen LogP contribution < -0.4 is 4.90 Å². The minimum Gasteiger partial charge on any atom is -0.371 e. The Morgan fingerprint density at radius 2 is 1.73 bits per heavy atom. The van der Waals surface area contributed by atoms with Gasteiger partial charge in [-0.3, -0.25) is 4.90 Å². The molecular formula is C20H27N5O. The fourth-order valence-corrected chi connectivity index (χ4v) is 3.57. The summed E-state index contributed by atoms with van der Waals surface area (Å²) in [6.45, 7) is 7.62. The summed E-state index contributed by atoms with van der Waals surface area (Å²) >= 11 is 0. The number of hydrogen-bond donors (Lipinski definition) is 0. The molecule has 2 aliphatic heterocycles. The van der Waals surface area contributed by atoms with Crippen molar-refractivity contribution in [2.45, 2.75) is 12.6 Å². The maximum absolute atomic E-state index is 5.96. The molecule has 3 heterocycles. The van der Waals surface area contributed by atoms with Crippen molar-refractivity contribution in [1.82, 2.24) is 19.8 Å². The minimum absolute atomic E-state index is 0.149. The molecule has 6 heteroatoms. The molecule has 138 valence electrons. The number of benzene rings is 1. The maximum atomic E-state index is 5.96. The van der Waals surface area contributed by atoms with Crippen molar-refractivity contribution in [1.29, 1.82) is 0 Å². The predicted octanol–water partition coefficient (Wildman–Crippen LogP) is 1.80. The van der Waals surface area contributed by atoms with E-state index >= 15 is 0 Å². The lowest BCUT2D eigenvalue weighted by atomic mass is 10.1. The van der Waals surface area contributed by atoms with Crippen LogP contribution in [0.3, 0.4) is 0 Å². The monoisotopic (exact) mass is 353 g/mol. The minimum atomic E-state index is 0.149. The highest BCUT2D eigenvalue weighted by Crippen LogP contribution is 2.23. The number of rotatable bonds is 4. The largest absolute Gasteiger partial charge is 0.371 e. The van der Waals surface area contributed by atoms with E-state index in [1.165, 1.54) is 5.56 Å². The van der Waals surface area contributed by atoms with Crippen LogP contribution in [0.2, 0.25) is 0 Å². The Kier molecular flexibility index (Phi) is 5.43. The molecule has 1 atom stereocenters. The summed E-state index contributed by atoms with van der Waals surface area (Å²) in [4.78, 5) is 16.3. The third-order valence-corrected chi connectivity index (χ3v) is 5.21. The van der Waals surface area contributed by atoms with E-state index in [0.717, 1.165) is 63.9 Å². The van der Waals surface area contributed by atoms with Gasteiger partial charge in [0.05, 0.1) is 12.7 Å². The number of aromatic nitrogens is 2. The van der Waals surface area contributed by atoms with E-state index in [0.29, 0.717) is 0 Å². The molecule has 0 aliphatic carbocycles. The van der Waals surface area contributed by atoms with Gasteiger partial charge in [-0.15, -0.1) is 0 Å². The zero-order chi connectivity index (χ0) is 17.8. The smallest absolute Gasteiger partial charge is 0.225 e. The highest BCUT2D eigenvalue weighted by Gasteiger charge is 2.22. The van der Waals surface area contributed by atoms with Gasteiger partial charge in [0.25, 0.3) is 0 Å². The lowest BCUT2D eigenvalue weighted by Crippen LogP contribution is -2.45. The fraction of sp³-hybridized carbons (Fsp3) is 0.500. The third kappa shape index (κ3) is 4.20. The molecule has 0 radical (unpaired) electrons. The van der Waals surface area contributed by atoms with Gasteiger partial charge in [0.1, 0.15) is 0 Å². The van der Waals surface area contributed by atoms with Crippen LogP contribution in [0.5, 0.6) is 0 Å². The van der Waals surface area contributed by atoms with Crippen LogP contribution >= 0.6 is 0 Å². The van der Waals surface area contributed by atoms with Crippen LogP contribution in [0.1, 0.15) is 17.2 Å². The van der Waals surface area contributed by atoms with Crippen molar-refractivity contribution in [3.63, 3.8) is 0 Å². The molecule has 0 saturated carbocycles. The number of nitrogens with zero attached hydrogens (tertiary/aromatic N) is 5. The average molecular weight is 353 g/mol. The molecular weight excluding hydrogens is 326 g/mol. The van der Waals surface area contributed by atoms with Gasteiger partial charge in [0, 0.05) is 63.8 Å². The average Bonchev–Trinajstić information content (AvgIpc) is 2.70. The van der Waals surface area contributed by atoms with Crippen LogP contribution in [-0.2, 0) is 11.3 Å². The molecule has 6 nitrogen and oxygen atoms in total. The third-order valence-electron chi connectivity index (χ3n) is 5.21. The van der Waals surface area contributed by atoms with E-state index in [9.17, 15) is 0 Å². The van der Waals surface area contributed by atoms with Crippen molar-refractivity contribution < 1.29 is 4.74 Å². The van der Waals surface area contributed by atoms with Crippen LogP contribution in [0.25, 0.3) is 0 Å². The van der Waals surface area contributed by atoms with E-state index in [1.54, 1.807) is 0 Å². The summed E-state index contributed by atoms with van der Waals surface area (Å²) in [5.41, 5.74) is 2.41. The Morgan fingerprint density at radius 3 is 2.46 bits per heavy atom. The van der Waals surface area contributed by atoms with Crippen molar-refractivity contribution in [3.8, 4) is 0 Å². The Morgan fingerprint density at radius 1 is 1.00 bits per heavy atom. The number of likely N-dealkylation sites (N-methyl/N-ethyl adjacent to an activating group) is 1. The first kappa shape index (κ1) is 17.4. The number of anilines is 1. The first-order valence-corrected chi connectivity index (χ1v) is 9.41. The molecule has 2 saturated heterocycles. The van der Waals surface area contributed by atoms with E-state index in [1.807, 2.05) is 18.5 Å². The standard InChI is InChI=1S/C20H27N5O/c1-23-7-9-25(10-8-23)20-21-13-17(14-22-20)15-24-11-12-26-19(16-24)18-5-3-2-4-6-18/h2-6,13-14,19H,7-12,15-16H2,1H3. The first-order valence-electron chi connectivity index (χ1n) is 9.41. The van der Waals surface area contributed by atoms with Gasteiger partial charge in [-0.1, -0.05) is 30.3 Å². The molecule has 2 fully saturated rings. The molecule has 0 amide bonds. The lowest BCUT2D eigenvalue weighted by molar-refractivity contribution is -0.0329. The van der Waals surface area contributed by atoms with Crippen molar-refractivity contribution in [2.75, 3.05) is 57.8 Å². The second-order valence-corrected chi connectivity index (χ2v) is 7.19. The summed E-state index contributed by atoms with van der Waals surface area (Å²) in [6, 6.07) is 10.5. The zero-order valence-corrected chi connectivity index (χ0v) is 15.4. The van der Waals surface area contributed by atoms with Gasteiger partial charge in [-0.2, -0.15) is 0 Å². The van der Waals surface area contributed by atoms with Crippen LogP contribution in [0.15, 0.2) is 42.7 Å². The summed E-state index contributed by atoms with van der Waals surface area (Å²) < 4.78 is 5.96. The molecule has 4 rings (SSSR count). The normalized spacial score (nSPS) is 22.5. The second-order valence-electron chi connectivity index (χ2n) is 7.19. The number of hydrogen-bond acceptors (Lipinski definition) is 6. The Bertz CT molecular complexity index is 685. The molecule has 2 aliphatic rings. The molecule has 26 heavy (non-hydrogen) atoms. The first-order chi connectivity index (χ1) is 12.8. The highest BCUT2D eigenvalue weighted by atomic mass is 16.5. The Labute approximate surface area is 155 Å². The summed E-state index contributed by atoms with van der Waals surface area (Å²) in [7, 11) is 2.16. The second kappa shape index (κ2) is 8.12. The Hall–Kier alpha value is -2.02. The highest BCUT2D eigenvalue weighted by molar-refractivity contribution is 5.30. The molecule has 1 aromatic carbocycles. The van der Waals surface area contributed by atoms with Gasteiger partial charge >= 0.3 is 0 Å².